The van der Waals surface area contributed by atoms with E-state index in [1.165, 1.54) is 96.3 Å². The van der Waals surface area contributed by atoms with Gasteiger partial charge in [0.25, 0.3) is 0 Å². The van der Waals surface area contributed by atoms with Gasteiger partial charge in [0, 0.05) is 0 Å². The first-order valence-electron chi connectivity index (χ1n) is 14.2. The molecule has 5 heteroatoms. The van der Waals surface area contributed by atoms with Gasteiger partial charge in [-0.2, -0.15) is 0 Å². The Morgan fingerprint density at radius 3 is 1.63 bits per heavy atom. The van der Waals surface area contributed by atoms with Crippen LogP contribution in [0.5, 0.6) is 0 Å². The molecule has 4 nitrogen and oxygen atoms in total. The van der Waals surface area contributed by atoms with Crippen LogP contribution in [0.4, 0.5) is 0 Å². The predicted molar refractivity (Wildman–Crippen MR) is 144 cm³/mol. The fraction of sp³-hybridized carbons (Fsp3) is 0.767. The van der Waals surface area contributed by atoms with Crippen molar-refractivity contribution < 1.29 is 31.2 Å². The molecule has 1 aromatic carbocycles. The van der Waals surface area contributed by atoms with Crippen LogP contribution in [-0.4, -0.2) is 51.0 Å². The molecule has 0 bridgehead atoms. The largest absolute Gasteiger partial charge is 1.00 e. The topological polar surface area (TPSA) is 35.5 Å². The Balaban J connectivity index is 0.0000116. The maximum absolute atomic E-state index is 12.0. The second-order valence-electron chi connectivity index (χ2n) is 10.5. The summed E-state index contributed by atoms with van der Waals surface area (Å²) in [6.07, 6.45) is 22.2. The van der Waals surface area contributed by atoms with Gasteiger partial charge in [-0.05, 0) is 18.6 Å². The smallest absolute Gasteiger partial charge is 0.338 e. The van der Waals surface area contributed by atoms with Crippen LogP contribution in [0.25, 0.3) is 0 Å². The first kappa shape index (κ1) is 33.9. The van der Waals surface area contributed by atoms with Crippen molar-refractivity contribution >= 4 is 5.97 Å². The molecule has 0 aliphatic heterocycles. The normalized spacial score (nSPS) is 11.3. The molecule has 0 fully saturated rings. The quantitative estimate of drug-likeness (QED) is 0.0880. The summed E-state index contributed by atoms with van der Waals surface area (Å²) in [4.78, 5) is 12.0. The molecule has 0 aliphatic rings. The molecule has 0 atom stereocenters. The Kier molecular flexibility index (Phi) is 22.6. The van der Waals surface area contributed by atoms with Crippen LogP contribution in [-0.2, 0) is 9.47 Å². The average Bonchev–Trinajstić information content (AvgIpc) is 2.83. The van der Waals surface area contributed by atoms with Crippen LogP contribution < -0.4 is 12.4 Å². The molecule has 0 aliphatic carbocycles. The Morgan fingerprint density at radius 2 is 1.14 bits per heavy atom. The third-order valence-corrected chi connectivity index (χ3v) is 6.52. The van der Waals surface area contributed by atoms with Gasteiger partial charge in [-0.15, -0.1) is 0 Å². The molecule has 0 spiro atoms. The van der Waals surface area contributed by atoms with E-state index in [0.29, 0.717) is 23.4 Å². The van der Waals surface area contributed by atoms with Gasteiger partial charge in [-0.25, -0.2) is 4.79 Å². The number of esters is 1. The minimum absolute atomic E-state index is 0. The Labute approximate surface area is 223 Å². The maximum Gasteiger partial charge on any atom is 0.338 e. The van der Waals surface area contributed by atoms with E-state index in [4.69, 9.17) is 9.47 Å². The highest BCUT2D eigenvalue weighted by Gasteiger charge is 2.16. The summed E-state index contributed by atoms with van der Waals surface area (Å²) in [5.74, 6) is -0.255. The lowest BCUT2D eigenvalue weighted by atomic mass is 10.0. The second-order valence-corrected chi connectivity index (χ2v) is 10.5. The zero-order valence-corrected chi connectivity index (χ0v) is 23.8. The van der Waals surface area contributed by atoms with E-state index in [9.17, 15) is 4.79 Å². The van der Waals surface area contributed by atoms with E-state index >= 15 is 0 Å². The Hall–Kier alpha value is -1.10. The lowest BCUT2D eigenvalue weighted by molar-refractivity contribution is -0.909. The zero-order valence-electron chi connectivity index (χ0n) is 23.1. The molecule has 0 saturated heterocycles. The molecular formula is C30H54ClNO3. The molecular weight excluding hydrogens is 458 g/mol. The number of benzene rings is 1. The van der Waals surface area contributed by atoms with Gasteiger partial charge < -0.3 is 26.4 Å². The van der Waals surface area contributed by atoms with E-state index in [0.717, 1.165) is 19.6 Å². The van der Waals surface area contributed by atoms with Crippen molar-refractivity contribution in [2.45, 2.75) is 110 Å². The number of unbranched alkanes of at least 4 members (excludes halogenated alkanes) is 15. The van der Waals surface area contributed by atoms with E-state index in [1.807, 2.05) is 18.2 Å². The van der Waals surface area contributed by atoms with Crippen molar-refractivity contribution in [3.05, 3.63) is 35.9 Å². The van der Waals surface area contributed by atoms with Crippen molar-refractivity contribution in [2.24, 2.45) is 0 Å². The van der Waals surface area contributed by atoms with Crippen molar-refractivity contribution in [2.75, 3.05) is 40.6 Å². The highest BCUT2D eigenvalue weighted by molar-refractivity contribution is 5.89. The average molecular weight is 512 g/mol. The molecule has 0 radical (unpaired) electrons. The molecule has 35 heavy (non-hydrogen) atoms. The van der Waals surface area contributed by atoms with Gasteiger partial charge in [0.15, 0.2) is 6.73 Å². The number of carbonyl (C=O) groups is 1. The van der Waals surface area contributed by atoms with Crippen molar-refractivity contribution in [3.8, 4) is 0 Å². The van der Waals surface area contributed by atoms with Crippen LogP contribution >= 0.6 is 0 Å². The minimum atomic E-state index is -0.255. The lowest BCUT2D eigenvalue weighted by Gasteiger charge is -2.28. The van der Waals surface area contributed by atoms with Gasteiger partial charge in [-0.1, -0.05) is 121 Å². The summed E-state index contributed by atoms with van der Waals surface area (Å²) < 4.78 is 12.0. The number of ether oxygens (including phenoxy) is 2. The second kappa shape index (κ2) is 23.3. The molecule has 0 aromatic heterocycles. The Bertz CT molecular complexity index is 595. The number of likely N-dealkylation sites (N-methyl/N-ethyl adjacent to an activating group) is 1. The van der Waals surface area contributed by atoms with Crippen LogP contribution in [0, 0.1) is 0 Å². The Morgan fingerprint density at radius 1 is 0.686 bits per heavy atom. The summed E-state index contributed by atoms with van der Waals surface area (Å²) in [7, 11) is 4.23. The van der Waals surface area contributed by atoms with Gasteiger partial charge in [-0.3, -0.25) is 0 Å². The fourth-order valence-corrected chi connectivity index (χ4v) is 4.17. The third-order valence-electron chi connectivity index (χ3n) is 6.52. The highest BCUT2D eigenvalue weighted by Crippen LogP contribution is 2.14. The molecule has 0 saturated carbocycles. The summed E-state index contributed by atoms with van der Waals surface area (Å²) in [5, 5.41) is 0. The van der Waals surface area contributed by atoms with Crippen LogP contribution in [0.1, 0.15) is 120 Å². The van der Waals surface area contributed by atoms with Gasteiger partial charge in [0.05, 0.1) is 26.3 Å². The third kappa shape index (κ3) is 20.8. The standard InChI is InChI=1S/C30H54NO3.ClH/c1-4-5-6-7-8-9-10-11-12-13-14-15-16-17-18-22-26-33-28-31(2,3)25-27-34-30(32)29-23-20-19-21-24-29;/h19-21,23-24H,4-18,22,25-28H2,1-3H3;1H/q+1;/p-1. The lowest BCUT2D eigenvalue weighted by Crippen LogP contribution is -3.00. The molecule has 0 amide bonds. The highest BCUT2D eigenvalue weighted by atomic mass is 35.5. The van der Waals surface area contributed by atoms with E-state index in [2.05, 4.69) is 21.0 Å². The molecule has 1 rings (SSSR count). The molecule has 0 unspecified atom stereocenters. The van der Waals surface area contributed by atoms with Crippen molar-refractivity contribution in [1.29, 1.82) is 0 Å². The number of halogens is 1. The summed E-state index contributed by atoms with van der Waals surface area (Å²) in [5.41, 5.74) is 0.604. The van der Waals surface area contributed by atoms with Crippen molar-refractivity contribution in [3.63, 3.8) is 0 Å². The van der Waals surface area contributed by atoms with Gasteiger partial charge in [0.2, 0.25) is 0 Å². The number of nitrogens with zero attached hydrogens (tertiary/aromatic N) is 1. The number of rotatable bonds is 23. The molecule has 1 aromatic rings. The fourth-order valence-electron chi connectivity index (χ4n) is 4.17. The molecule has 204 valence electrons. The SMILES string of the molecule is CCCCCCCCCCCCCCCCCCOC[N+](C)(C)CCOC(=O)c1ccccc1.[Cl-]. The van der Waals surface area contributed by atoms with Crippen molar-refractivity contribution in [1.82, 2.24) is 0 Å². The van der Waals surface area contributed by atoms with E-state index in [1.54, 1.807) is 12.1 Å². The van der Waals surface area contributed by atoms with Gasteiger partial charge >= 0.3 is 5.97 Å². The van der Waals surface area contributed by atoms with E-state index < -0.39 is 0 Å². The summed E-state index contributed by atoms with van der Waals surface area (Å²) in [6, 6.07) is 9.16. The maximum atomic E-state index is 12.0. The van der Waals surface area contributed by atoms with Crippen LogP contribution in [0.2, 0.25) is 0 Å². The number of quaternary nitrogens is 1. The first-order valence-corrected chi connectivity index (χ1v) is 14.2. The van der Waals surface area contributed by atoms with Crippen LogP contribution in [0.15, 0.2) is 30.3 Å². The zero-order chi connectivity index (χ0) is 24.7. The summed E-state index contributed by atoms with van der Waals surface area (Å²) in [6.45, 7) is 4.92. The predicted octanol–water partition coefficient (Wildman–Crippen LogP) is 5.16. The minimum Gasteiger partial charge on any atom is -1.00 e. The molecule has 0 heterocycles. The van der Waals surface area contributed by atoms with Crippen LogP contribution in [0.3, 0.4) is 0 Å². The number of hydrogen-bond acceptors (Lipinski definition) is 3. The van der Waals surface area contributed by atoms with Gasteiger partial charge in [0.1, 0.15) is 13.2 Å². The number of hydrogen-bond donors (Lipinski definition) is 0. The number of carbonyl (C=O) groups excluding carboxylic acids is 1. The first-order chi connectivity index (χ1) is 16.5. The summed E-state index contributed by atoms with van der Waals surface area (Å²) >= 11 is 0. The monoisotopic (exact) mass is 511 g/mol. The van der Waals surface area contributed by atoms with E-state index in [-0.39, 0.29) is 18.4 Å². The molecule has 0 N–H and O–H groups in total.